The normalized spacial score (nSPS) is 28.7. The van der Waals surface area contributed by atoms with Crippen molar-refractivity contribution in [3.63, 3.8) is 0 Å². The van der Waals surface area contributed by atoms with E-state index in [4.69, 9.17) is 4.74 Å². The van der Waals surface area contributed by atoms with E-state index in [0.29, 0.717) is 12.1 Å². The van der Waals surface area contributed by atoms with E-state index in [1.807, 2.05) is 0 Å². The van der Waals surface area contributed by atoms with Crippen LogP contribution in [0, 0.1) is 0 Å². The molecule has 1 aliphatic rings. The molecule has 1 N–H and O–H groups in total. The van der Waals surface area contributed by atoms with Crippen LogP contribution in [-0.4, -0.2) is 23.3 Å². The standard InChI is InChI=1S/C12H25NO/c1-11(2,3)13-9-7-10(8-9)14-12(4,5)6/h9-10,13H,7-8H2,1-6H3. The molecule has 2 heteroatoms. The monoisotopic (exact) mass is 199 g/mol. The van der Waals surface area contributed by atoms with Crippen molar-refractivity contribution >= 4 is 0 Å². The summed E-state index contributed by atoms with van der Waals surface area (Å²) in [6.07, 6.45) is 2.79. The van der Waals surface area contributed by atoms with E-state index in [2.05, 4.69) is 46.9 Å². The van der Waals surface area contributed by atoms with Crippen LogP contribution >= 0.6 is 0 Å². The molecule has 0 bridgehead atoms. The zero-order valence-electron chi connectivity index (χ0n) is 10.5. The maximum atomic E-state index is 5.88. The molecular weight excluding hydrogens is 174 g/mol. The molecule has 1 rings (SSSR count). The average Bonchev–Trinajstić information content (AvgIpc) is 1.75. The Balaban J connectivity index is 2.18. The van der Waals surface area contributed by atoms with Gasteiger partial charge in [-0.15, -0.1) is 0 Å². The van der Waals surface area contributed by atoms with Crippen molar-refractivity contribution in [1.82, 2.24) is 5.32 Å². The van der Waals surface area contributed by atoms with Crippen molar-refractivity contribution in [2.45, 2.75) is 77.7 Å². The summed E-state index contributed by atoms with van der Waals surface area (Å²) >= 11 is 0. The van der Waals surface area contributed by atoms with Crippen molar-refractivity contribution in [1.29, 1.82) is 0 Å². The van der Waals surface area contributed by atoms with E-state index in [0.717, 1.165) is 12.8 Å². The van der Waals surface area contributed by atoms with Gasteiger partial charge in [-0.25, -0.2) is 0 Å². The van der Waals surface area contributed by atoms with Crippen molar-refractivity contribution in [2.24, 2.45) is 0 Å². The molecule has 0 aromatic carbocycles. The number of hydrogen-bond donors (Lipinski definition) is 1. The first-order valence-corrected chi connectivity index (χ1v) is 5.61. The molecule has 0 aromatic heterocycles. The van der Waals surface area contributed by atoms with Crippen LogP contribution in [0.25, 0.3) is 0 Å². The van der Waals surface area contributed by atoms with Crippen LogP contribution in [0.15, 0.2) is 0 Å². The molecule has 1 saturated carbocycles. The first kappa shape index (κ1) is 12.0. The number of rotatable bonds is 2. The lowest BCUT2D eigenvalue weighted by atomic mass is 9.86. The molecule has 1 fully saturated rings. The van der Waals surface area contributed by atoms with Crippen LogP contribution in [0.5, 0.6) is 0 Å². The minimum atomic E-state index is 0.0113. The molecule has 14 heavy (non-hydrogen) atoms. The van der Waals surface area contributed by atoms with Crippen LogP contribution < -0.4 is 5.32 Å². The Bertz CT molecular complexity index is 161. The van der Waals surface area contributed by atoms with Crippen LogP contribution in [0.2, 0.25) is 0 Å². The third-order valence-corrected chi connectivity index (χ3v) is 2.25. The molecule has 0 radical (unpaired) electrons. The highest BCUT2D eigenvalue weighted by Crippen LogP contribution is 2.28. The Kier molecular flexibility index (Phi) is 3.27. The minimum Gasteiger partial charge on any atom is -0.373 e. The lowest BCUT2D eigenvalue weighted by Gasteiger charge is -2.42. The minimum absolute atomic E-state index is 0.0113. The molecule has 2 nitrogen and oxygen atoms in total. The largest absolute Gasteiger partial charge is 0.373 e. The van der Waals surface area contributed by atoms with Gasteiger partial charge >= 0.3 is 0 Å². The molecule has 1 aliphatic carbocycles. The third kappa shape index (κ3) is 4.43. The summed E-state index contributed by atoms with van der Waals surface area (Å²) in [5, 5.41) is 3.59. The summed E-state index contributed by atoms with van der Waals surface area (Å²) in [6, 6.07) is 0.655. The zero-order chi connectivity index (χ0) is 11.0. The summed E-state index contributed by atoms with van der Waals surface area (Å²) in [4.78, 5) is 0. The lowest BCUT2D eigenvalue weighted by Crippen LogP contribution is -2.53. The number of hydrogen-bond acceptors (Lipinski definition) is 2. The molecule has 0 aliphatic heterocycles. The second kappa shape index (κ2) is 3.82. The van der Waals surface area contributed by atoms with Gasteiger partial charge in [0.2, 0.25) is 0 Å². The van der Waals surface area contributed by atoms with Crippen LogP contribution in [-0.2, 0) is 4.74 Å². The smallest absolute Gasteiger partial charge is 0.0612 e. The summed E-state index contributed by atoms with van der Waals surface area (Å²) < 4.78 is 5.88. The fraction of sp³-hybridized carbons (Fsp3) is 1.00. The summed E-state index contributed by atoms with van der Waals surface area (Å²) in [5.74, 6) is 0. The van der Waals surface area contributed by atoms with Crippen molar-refractivity contribution in [3.8, 4) is 0 Å². The molecule has 0 heterocycles. The van der Waals surface area contributed by atoms with Gasteiger partial charge in [0.25, 0.3) is 0 Å². The van der Waals surface area contributed by atoms with Gasteiger partial charge in [0, 0.05) is 11.6 Å². The second-order valence-corrected chi connectivity index (χ2v) is 6.41. The number of nitrogens with one attached hydrogen (secondary N) is 1. The summed E-state index contributed by atoms with van der Waals surface area (Å²) in [7, 11) is 0. The van der Waals surface area contributed by atoms with Crippen LogP contribution in [0.4, 0.5) is 0 Å². The fourth-order valence-electron chi connectivity index (χ4n) is 1.89. The summed E-state index contributed by atoms with van der Waals surface area (Å²) in [6.45, 7) is 13.0. The van der Waals surface area contributed by atoms with Crippen molar-refractivity contribution in [3.05, 3.63) is 0 Å². The quantitative estimate of drug-likeness (QED) is 0.738. The van der Waals surface area contributed by atoms with Crippen molar-refractivity contribution in [2.75, 3.05) is 0 Å². The molecule has 0 atom stereocenters. The SMILES string of the molecule is CC(C)(C)NC1CC(OC(C)(C)C)C1. The summed E-state index contributed by atoms with van der Waals surface area (Å²) in [5.41, 5.74) is 0.245. The molecule has 0 spiro atoms. The average molecular weight is 199 g/mol. The molecule has 0 unspecified atom stereocenters. The highest BCUT2D eigenvalue weighted by Gasteiger charge is 2.34. The Morgan fingerprint density at radius 2 is 1.50 bits per heavy atom. The predicted molar refractivity (Wildman–Crippen MR) is 60.5 cm³/mol. The van der Waals surface area contributed by atoms with Gasteiger partial charge in [-0.1, -0.05) is 0 Å². The van der Waals surface area contributed by atoms with E-state index in [-0.39, 0.29) is 11.1 Å². The van der Waals surface area contributed by atoms with Gasteiger partial charge in [0.15, 0.2) is 0 Å². The predicted octanol–water partition coefficient (Wildman–Crippen LogP) is 2.72. The molecule has 84 valence electrons. The Morgan fingerprint density at radius 1 is 1.00 bits per heavy atom. The molecule has 0 aromatic rings. The highest BCUT2D eigenvalue weighted by atomic mass is 16.5. The van der Waals surface area contributed by atoms with Crippen LogP contribution in [0.1, 0.15) is 54.4 Å². The first-order valence-electron chi connectivity index (χ1n) is 5.61. The molecule has 0 saturated heterocycles. The van der Waals surface area contributed by atoms with E-state index >= 15 is 0 Å². The van der Waals surface area contributed by atoms with Gasteiger partial charge in [-0.3, -0.25) is 0 Å². The lowest BCUT2D eigenvalue weighted by molar-refractivity contribution is -0.104. The van der Waals surface area contributed by atoms with E-state index in [1.165, 1.54) is 0 Å². The van der Waals surface area contributed by atoms with E-state index in [9.17, 15) is 0 Å². The maximum Gasteiger partial charge on any atom is 0.0612 e. The topological polar surface area (TPSA) is 21.3 Å². The van der Waals surface area contributed by atoms with Gasteiger partial charge in [-0.2, -0.15) is 0 Å². The Morgan fingerprint density at radius 3 is 1.86 bits per heavy atom. The highest BCUT2D eigenvalue weighted by molar-refractivity contribution is 4.91. The van der Waals surface area contributed by atoms with Gasteiger partial charge in [-0.05, 0) is 54.4 Å². The molecule has 0 amide bonds. The Hall–Kier alpha value is -0.0800. The Labute approximate surface area is 88.4 Å². The van der Waals surface area contributed by atoms with Gasteiger partial charge in [0.1, 0.15) is 0 Å². The van der Waals surface area contributed by atoms with Gasteiger partial charge in [0.05, 0.1) is 11.7 Å². The van der Waals surface area contributed by atoms with E-state index < -0.39 is 0 Å². The second-order valence-electron chi connectivity index (χ2n) is 6.41. The third-order valence-electron chi connectivity index (χ3n) is 2.25. The zero-order valence-corrected chi connectivity index (χ0v) is 10.5. The first-order chi connectivity index (χ1) is 6.16. The van der Waals surface area contributed by atoms with Crippen LogP contribution in [0.3, 0.4) is 0 Å². The molecular formula is C12H25NO. The van der Waals surface area contributed by atoms with Gasteiger partial charge < -0.3 is 10.1 Å². The van der Waals surface area contributed by atoms with Crippen molar-refractivity contribution < 1.29 is 4.74 Å². The fourth-order valence-corrected chi connectivity index (χ4v) is 1.89. The number of ether oxygens (including phenoxy) is 1. The van der Waals surface area contributed by atoms with E-state index in [1.54, 1.807) is 0 Å². The maximum absolute atomic E-state index is 5.88.